The minimum absolute atomic E-state index is 0.132. The summed E-state index contributed by atoms with van der Waals surface area (Å²) in [6.07, 6.45) is 0. The molecule has 5 aromatic rings. The van der Waals surface area contributed by atoms with Gasteiger partial charge >= 0.3 is 0 Å². The number of hydrogen-bond donors (Lipinski definition) is 2. The SMILES string of the molecule is Cc1ccc(-c2ccc(C(=O)NC(=S)Nc3ccc4oc(-c5cc(I)ccc5Cl)nc4c3)o2)cc1C. The van der Waals surface area contributed by atoms with Crippen molar-refractivity contribution in [1.29, 1.82) is 0 Å². The van der Waals surface area contributed by atoms with Gasteiger partial charge in [0.2, 0.25) is 5.89 Å². The molecule has 0 aliphatic carbocycles. The average Bonchev–Trinajstić information content (AvgIpc) is 3.50. The van der Waals surface area contributed by atoms with Crippen LogP contribution in [0.15, 0.2) is 75.6 Å². The highest BCUT2D eigenvalue weighted by Gasteiger charge is 2.16. The van der Waals surface area contributed by atoms with Gasteiger partial charge in [-0.2, -0.15) is 0 Å². The van der Waals surface area contributed by atoms with Crippen LogP contribution < -0.4 is 10.6 Å². The van der Waals surface area contributed by atoms with Gasteiger partial charge < -0.3 is 14.2 Å². The molecular formula is C27H19ClIN3O3S. The van der Waals surface area contributed by atoms with Gasteiger partial charge in [-0.05, 0) is 114 Å². The zero-order valence-electron chi connectivity index (χ0n) is 19.2. The van der Waals surface area contributed by atoms with Crippen molar-refractivity contribution < 1.29 is 13.6 Å². The average molecular weight is 628 g/mol. The molecule has 3 aromatic carbocycles. The van der Waals surface area contributed by atoms with Crippen molar-refractivity contribution in [2.45, 2.75) is 13.8 Å². The molecule has 0 saturated heterocycles. The van der Waals surface area contributed by atoms with Gasteiger partial charge in [-0.3, -0.25) is 10.1 Å². The van der Waals surface area contributed by atoms with Crippen LogP contribution in [0.5, 0.6) is 0 Å². The second-order valence-corrected chi connectivity index (χ2v) is 10.3. The molecule has 2 N–H and O–H groups in total. The highest BCUT2D eigenvalue weighted by atomic mass is 127. The van der Waals surface area contributed by atoms with E-state index >= 15 is 0 Å². The van der Waals surface area contributed by atoms with Crippen LogP contribution in [0.2, 0.25) is 5.02 Å². The summed E-state index contributed by atoms with van der Waals surface area (Å²) in [4.78, 5) is 17.2. The molecule has 2 heterocycles. The summed E-state index contributed by atoms with van der Waals surface area (Å²) >= 11 is 13.9. The molecule has 0 radical (unpaired) electrons. The molecule has 9 heteroatoms. The summed E-state index contributed by atoms with van der Waals surface area (Å²) < 4.78 is 12.7. The van der Waals surface area contributed by atoms with Crippen molar-refractivity contribution in [2.75, 3.05) is 5.32 Å². The lowest BCUT2D eigenvalue weighted by atomic mass is 10.1. The number of halogens is 2. The zero-order chi connectivity index (χ0) is 25.4. The molecule has 0 aliphatic heterocycles. The van der Waals surface area contributed by atoms with Crippen LogP contribution >= 0.6 is 46.4 Å². The lowest BCUT2D eigenvalue weighted by Gasteiger charge is -2.08. The van der Waals surface area contributed by atoms with Gasteiger partial charge in [0.1, 0.15) is 11.3 Å². The third-order valence-electron chi connectivity index (χ3n) is 5.65. The van der Waals surface area contributed by atoms with Gasteiger partial charge in [0.15, 0.2) is 16.5 Å². The second-order valence-electron chi connectivity index (χ2n) is 8.20. The van der Waals surface area contributed by atoms with Crippen LogP contribution in [-0.4, -0.2) is 16.0 Å². The third-order valence-corrected chi connectivity index (χ3v) is 6.86. The van der Waals surface area contributed by atoms with Crippen molar-refractivity contribution in [3.63, 3.8) is 0 Å². The molecule has 0 aliphatic rings. The van der Waals surface area contributed by atoms with Crippen LogP contribution in [0.25, 0.3) is 33.9 Å². The Hall–Kier alpha value is -3.21. The molecule has 1 amide bonds. The van der Waals surface area contributed by atoms with Gasteiger partial charge in [0.25, 0.3) is 5.91 Å². The number of thiocarbonyl (C=S) groups is 1. The van der Waals surface area contributed by atoms with Crippen LogP contribution in [0.3, 0.4) is 0 Å². The lowest BCUT2D eigenvalue weighted by molar-refractivity contribution is 0.0951. The van der Waals surface area contributed by atoms with E-state index < -0.39 is 5.91 Å². The Morgan fingerprint density at radius 3 is 2.61 bits per heavy atom. The first-order chi connectivity index (χ1) is 17.3. The molecular weight excluding hydrogens is 609 g/mol. The highest BCUT2D eigenvalue weighted by Crippen LogP contribution is 2.32. The number of oxazole rings is 1. The fourth-order valence-electron chi connectivity index (χ4n) is 3.62. The fourth-order valence-corrected chi connectivity index (χ4v) is 4.52. The fraction of sp³-hybridized carbons (Fsp3) is 0.0741. The largest absolute Gasteiger partial charge is 0.451 e. The van der Waals surface area contributed by atoms with Crippen LogP contribution in [0.1, 0.15) is 21.7 Å². The molecule has 0 saturated carbocycles. The maximum absolute atomic E-state index is 12.7. The number of aryl methyl sites for hydroxylation is 2. The monoisotopic (exact) mass is 627 g/mol. The van der Waals surface area contributed by atoms with Crippen LogP contribution in [-0.2, 0) is 0 Å². The maximum atomic E-state index is 12.7. The standard InChI is InChI=1S/C27H19ClIN3O3S/c1-14-3-4-16(11-15(14)2)22-9-10-24(34-22)25(33)32-27(36)30-18-6-8-23-21(13-18)31-26(35-23)19-12-17(29)5-7-20(19)28/h3-13H,1-2H3,(H2,30,32,33,36). The summed E-state index contributed by atoms with van der Waals surface area (Å²) in [5.74, 6) is 0.764. The molecule has 0 fully saturated rings. The van der Waals surface area contributed by atoms with Gasteiger partial charge in [-0.15, -0.1) is 0 Å². The summed E-state index contributed by atoms with van der Waals surface area (Å²) in [6.45, 7) is 4.08. The lowest BCUT2D eigenvalue weighted by Crippen LogP contribution is -2.33. The Bertz CT molecular complexity index is 1640. The first kappa shape index (κ1) is 24.5. The number of furan rings is 1. The number of rotatable bonds is 4. The Morgan fingerprint density at radius 2 is 1.81 bits per heavy atom. The number of amides is 1. The van der Waals surface area contributed by atoms with Crippen molar-refractivity contribution in [3.8, 4) is 22.8 Å². The summed E-state index contributed by atoms with van der Waals surface area (Å²) in [6, 6.07) is 20.4. The van der Waals surface area contributed by atoms with E-state index in [1.165, 1.54) is 5.56 Å². The van der Waals surface area contributed by atoms with Crippen molar-refractivity contribution in [3.05, 3.63) is 92.2 Å². The van der Waals surface area contributed by atoms with Crippen molar-refractivity contribution >= 4 is 74.2 Å². The smallest absolute Gasteiger partial charge is 0.293 e. The topological polar surface area (TPSA) is 80.3 Å². The first-order valence-corrected chi connectivity index (χ1v) is 12.8. The highest BCUT2D eigenvalue weighted by molar-refractivity contribution is 14.1. The van der Waals surface area contributed by atoms with Crippen molar-refractivity contribution in [1.82, 2.24) is 10.3 Å². The zero-order valence-corrected chi connectivity index (χ0v) is 22.9. The molecule has 0 bridgehead atoms. The van der Waals surface area contributed by atoms with Gasteiger partial charge in [0, 0.05) is 14.8 Å². The minimum atomic E-state index is -0.444. The predicted octanol–water partition coefficient (Wildman–Crippen LogP) is 7.76. The predicted molar refractivity (Wildman–Crippen MR) is 154 cm³/mol. The van der Waals surface area contributed by atoms with E-state index in [4.69, 9.17) is 32.7 Å². The summed E-state index contributed by atoms with van der Waals surface area (Å²) in [5.41, 5.74) is 5.85. The van der Waals surface area contributed by atoms with E-state index in [9.17, 15) is 4.79 Å². The van der Waals surface area contributed by atoms with E-state index in [1.807, 2.05) is 50.2 Å². The number of carbonyl (C=O) groups excluding carboxylic acids is 1. The number of anilines is 1. The van der Waals surface area contributed by atoms with Crippen LogP contribution in [0.4, 0.5) is 5.69 Å². The molecule has 6 nitrogen and oxygen atoms in total. The van der Waals surface area contributed by atoms with Gasteiger partial charge in [-0.1, -0.05) is 23.7 Å². The number of hydrogen-bond acceptors (Lipinski definition) is 5. The van der Waals surface area contributed by atoms with Crippen LogP contribution in [0, 0.1) is 17.4 Å². The summed E-state index contributed by atoms with van der Waals surface area (Å²) in [5, 5.41) is 6.34. The quantitative estimate of drug-likeness (QED) is 0.157. The van der Waals surface area contributed by atoms with E-state index in [0.717, 1.165) is 20.3 Å². The molecule has 0 unspecified atom stereocenters. The van der Waals surface area contributed by atoms with Crippen molar-refractivity contribution in [2.24, 2.45) is 0 Å². The van der Waals surface area contributed by atoms with Gasteiger partial charge in [-0.25, -0.2) is 4.98 Å². The van der Waals surface area contributed by atoms with Gasteiger partial charge in [0.05, 0.1) is 10.6 Å². The third kappa shape index (κ3) is 5.16. The number of nitrogens with one attached hydrogen (secondary N) is 2. The Morgan fingerprint density at radius 1 is 0.972 bits per heavy atom. The van der Waals surface area contributed by atoms with E-state index in [1.54, 1.807) is 30.3 Å². The molecule has 0 atom stereocenters. The van der Waals surface area contributed by atoms with E-state index in [2.05, 4.69) is 38.2 Å². The summed E-state index contributed by atoms with van der Waals surface area (Å²) in [7, 11) is 0. The number of fused-ring (bicyclic) bond motifs is 1. The van der Waals surface area contributed by atoms with E-state index in [-0.39, 0.29) is 10.9 Å². The first-order valence-electron chi connectivity index (χ1n) is 10.9. The molecule has 180 valence electrons. The number of nitrogens with zero attached hydrogens (tertiary/aromatic N) is 1. The molecule has 36 heavy (non-hydrogen) atoms. The Kier molecular flexibility index (Phi) is 6.83. The second kappa shape index (κ2) is 10.0. The minimum Gasteiger partial charge on any atom is -0.451 e. The Balaban J connectivity index is 1.28. The molecule has 5 rings (SSSR count). The Labute approximate surface area is 231 Å². The normalized spacial score (nSPS) is 11.0. The van der Waals surface area contributed by atoms with E-state index in [0.29, 0.717) is 33.5 Å². The molecule has 0 spiro atoms. The number of benzene rings is 3. The molecule has 2 aromatic heterocycles. The maximum Gasteiger partial charge on any atom is 0.293 e. The number of aromatic nitrogens is 1. The number of carbonyl (C=O) groups is 1.